The first-order valence-electron chi connectivity index (χ1n) is 10.3. The molecule has 3 rings (SSSR count). The van der Waals surface area contributed by atoms with Gasteiger partial charge in [-0.3, -0.25) is 4.79 Å². The summed E-state index contributed by atoms with van der Waals surface area (Å²) in [5.74, 6) is 0.939. The molecule has 164 valence electrons. The van der Waals surface area contributed by atoms with Crippen LogP contribution in [0.4, 0.5) is 0 Å². The van der Waals surface area contributed by atoms with Gasteiger partial charge in [-0.2, -0.15) is 0 Å². The van der Waals surface area contributed by atoms with Gasteiger partial charge in [0.2, 0.25) is 5.91 Å². The van der Waals surface area contributed by atoms with Crippen LogP contribution in [0.25, 0.3) is 11.0 Å². The number of nitrogens with one attached hydrogen (secondary N) is 1. The number of aryl methyl sites for hydroxylation is 2. The highest BCUT2D eigenvalue weighted by molar-refractivity contribution is 5.93. The van der Waals surface area contributed by atoms with E-state index in [1.807, 2.05) is 33.8 Å². The van der Waals surface area contributed by atoms with Gasteiger partial charge in [-0.1, -0.05) is 13.8 Å². The van der Waals surface area contributed by atoms with E-state index < -0.39 is 5.63 Å². The van der Waals surface area contributed by atoms with Gasteiger partial charge in [0.25, 0.3) is 0 Å². The molecule has 0 radical (unpaired) electrons. The number of amides is 1. The topological polar surface area (TPSA) is 98.0 Å². The molecular formula is C23H31NO6. The molecule has 30 heavy (non-hydrogen) atoms. The Labute approximate surface area is 176 Å². The fourth-order valence-corrected chi connectivity index (χ4v) is 3.89. The first-order chi connectivity index (χ1) is 14.1. The summed E-state index contributed by atoms with van der Waals surface area (Å²) in [5.41, 5.74) is 1.41. The standard InChI is InChI=1S/C23H31NO6/c1-12(2)16(11-25)24-19(26)9-15-13(3)20-18(28-6)10-17-14(21(20)29-22(15)27)7-8-23(4,5)30-17/h10,12,16,25H,7-9,11H2,1-6H3,(H,24,26)/t16-/m1/s1. The predicted octanol–water partition coefficient (Wildman–Crippen LogP) is 2.89. The molecule has 0 unspecified atom stereocenters. The summed E-state index contributed by atoms with van der Waals surface area (Å²) in [6.45, 7) is 9.50. The van der Waals surface area contributed by atoms with Gasteiger partial charge in [0.15, 0.2) is 0 Å². The maximum Gasteiger partial charge on any atom is 0.340 e. The van der Waals surface area contributed by atoms with Crippen molar-refractivity contribution in [3.05, 3.63) is 33.2 Å². The fraction of sp³-hybridized carbons (Fsp3) is 0.565. The largest absolute Gasteiger partial charge is 0.496 e. The minimum Gasteiger partial charge on any atom is -0.496 e. The second kappa shape index (κ2) is 8.30. The van der Waals surface area contributed by atoms with Crippen LogP contribution in [-0.4, -0.2) is 36.4 Å². The normalized spacial score (nSPS) is 16.1. The van der Waals surface area contributed by atoms with Crippen LogP contribution in [0.15, 0.2) is 15.3 Å². The summed E-state index contributed by atoms with van der Waals surface area (Å²) in [6.07, 6.45) is 1.39. The SMILES string of the molecule is COc1cc2c(c3oc(=O)c(CC(=O)N[C@H](CO)C(C)C)c(C)c13)CCC(C)(C)O2. The Hall–Kier alpha value is -2.54. The summed E-state index contributed by atoms with van der Waals surface area (Å²) in [6, 6.07) is 1.46. The zero-order valence-electron chi connectivity index (χ0n) is 18.5. The molecule has 2 N–H and O–H groups in total. The second-order valence-corrected chi connectivity index (χ2v) is 8.89. The lowest BCUT2D eigenvalue weighted by atomic mass is 9.91. The van der Waals surface area contributed by atoms with Crippen molar-refractivity contribution < 1.29 is 23.8 Å². The number of ether oxygens (including phenoxy) is 2. The maximum absolute atomic E-state index is 12.8. The molecule has 0 bridgehead atoms. The van der Waals surface area contributed by atoms with E-state index in [2.05, 4.69) is 5.32 Å². The van der Waals surface area contributed by atoms with Gasteiger partial charge in [0.05, 0.1) is 37.1 Å². The van der Waals surface area contributed by atoms with E-state index >= 15 is 0 Å². The number of hydrogen-bond acceptors (Lipinski definition) is 6. The third kappa shape index (κ3) is 4.17. The summed E-state index contributed by atoms with van der Waals surface area (Å²) in [5, 5.41) is 12.9. The van der Waals surface area contributed by atoms with E-state index in [-0.39, 0.29) is 42.1 Å². The number of fused-ring (bicyclic) bond motifs is 3. The molecule has 2 aromatic rings. The number of aliphatic hydroxyl groups excluding tert-OH is 1. The molecule has 1 atom stereocenters. The number of carbonyl (C=O) groups excluding carboxylic acids is 1. The van der Waals surface area contributed by atoms with Gasteiger partial charge in [-0.25, -0.2) is 4.79 Å². The zero-order valence-corrected chi connectivity index (χ0v) is 18.5. The number of rotatable bonds is 6. The Morgan fingerprint density at radius 3 is 2.67 bits per heavy atom. The Balaban J connectivity index is 2.07. The van der Waals surface area contributed by atoms with Crippen LogP contribution in [0.1, 0.15) is 50.8 Å². The number of methoxy groups -OCH3 is 1. The first kappa shape index (κ1) is 22.2. The highest BCUT2D eigenvalue weighted by Gasteiger charge is 2.31. The van der Waals surface area contributed by atoms with Crippen LogP contribution >= 0.6 is 0 Å². The van der Waals surface area contributed by atoms with Crippen LogP contribution in [-0.2, 0) is 17.6 Å². The molecule has 0 aliphatic carbocycles. The smallest absolute Gasteiger partial charge is 0.340 e. The van der Waals surface area contributed by atoms with E-state index in [4.69, 9.17) is 13.9 Å². The van der Waals surface area contributed by atoms with Crippen LogP contribution < -0.4 is 20.4 Å². The number of carbonyl (C=O) groups is 1. The predicted molar refractivity (Wildman–Crippen MR) is 114 cm³/mol. The molecule has 1 aliphatic rings. The van der Waals surface area contributed by atoms with E-state index in [1.54, 1.807) is 14.0 Å². The van der Waals surface area contributed by atoms with E-state index in [0.29, 0.717) is 28.0 Å². The molecule has 0 spiro atoms. The third-order valence-electron chi connectivity index (χ3n) is 5.84. The van der Waals surface area contributed by atoms with Crippen LogP contribution in [0.2, 0.25) is 0 Å². The lowest BCUT2D eigenvalue weighted by Crippen LogP contribution is -2.42. The average molecular weight is 418 g/mol. The minimum atomic E-state index is -0.541. The molecule has 1 aromatic carbocycles. The Bertz CT molecular complexity index is 1020. The highest BCUT2D eigenvalue weighted by atomic mass is 16.5. The van der Waals surface area contributed by atoms with Crippen molar-refractivity contribution >= 4 is 16.9 Å². The maximum atomic E-state index is 12.8. The lowest BCUT2D eigenvalue weighted by Gasteiger charge is -2.33. The van der Waals surface area contributed by atoms with Gasteiger partial charge in [0, 0.05) is 11.6 Å². The molecular weight excluding hydrogens is 386 g/mol. The molecule has 7 heteroatoms. The third-order valence-corrected chi connectivity index (χ3v) is 5.84. The van der Waals surface area contributed by atoms with Gasteiger partial charge >= 0.3 is 5.63 Å². The van der Waals surface area contributed by atoms with Crippen molar-refractivity contribution in [2.45, 2.75) is 65.5 Å². The number of aliphatic hydroxyl groups is 1. The zero-order chi connectivity index (χ0) is 22.2. The van der Waals surface area contributed by atoms with Crippen LogP contribution in [0.5, 0.6) is 11.5 Å². The fourth-order valence-electron chi connectivity index (χ4n) is 3.89. The Kier molecular flexibility index (Phi) is 6.13. The molecule has 1 aromatic heterocycles. The molecule has 0 fully saturated rings. The minimum absolute atomic E-state index is 0.0731. The van der Waals surface area contributed by atoms with Crippen molar-refractivity contribution in [3.63, 3.8) is 0 Å². The van der Waals surface area contributed by atoms with Crippen LogP contribution in [0, 0.1) is 12.8 Å². The van der Waals surface area contributed by atoms with Crippen molar-refractivity contribution in [1.29, 1.82) is 0 Å². The Morgan fingerprint density at radius 2 is 2.07 bits per heavy atom. The molecule has 2 heterocycles. The van der Waals surface area contributed by atoms with E-state index in [0.717, 1.165) is 18.4 Å². The average Bonchev–Trinajstić information content (AvgIpc) is 2.67. The quantitative estimate of drug-likeness (QED) is 0.702. The van der Waals surface area contributed by atoms with Crippen molar-refractivity contribution in [2.24, 2.45) is 5.92 Å². The number of benzene rings is 1. The summed E-state index contributed by atoms with van der Waals surface area (Å²) < 4.78 is 17.4. The van der Waals surface area contributed by atoms with Crippen LogP contribution in [0.3, 0.4) is 0 Å². The monoisotopic (exact) mass is 417 g/mol. The van der Waals surface area contributed by atoms with E-state index in [1.165, 1.54) is 0 Å². The Morgan fingerprint density at radius 1 is 1.37 bits per heavy atom. The summed E-state index contributed by atoms with van der Waals surface area (Å²) in [4.78, 5) is 25.3. The van der Waals surface area contributed by atoms with Gasteiger partial charge in [-0.05, 0) is 45.1 Å². The van der Waals surface area contributed by atoms with Crippen molar-refractivity contribution in [2.75, 3.05) is 13.7 Å². The van der Waals surface area contributed by atoms with E-state index in [9.17, 15) is 14.7 Å². The van der Waals surface area contributed by atoms with Gasteiger partial charge in [-0.15, -0.1) is 0 Å². The lowest BCUT2D eigenvalue weighted by molar-refractivity contribution is -0.121. The summed E-state index contributed by atoms with van der Waals surface area (Å²) in [7, 11) is 1.56. The molecule has 7 nitrogen and oxygen atoms in total. The first-order valence-corrected chi connectivity index (χ1v) is 10.3. The van der Waals surface area contributed by atoms with Crippen molar-refractivity contribution in [3.8, 4) is 11.5 Å². The molecule has 1 aliphatic heterocycles. The van der Waals surface area contributed by atoms with Crippen molar-refractivity contribution in [1.82, 2.24) is 5.32 Å². The molecule has 1 amide bonds. The molecule has 0 saturated carbocycles. The highest BCUT2D eigenvalue weighted by Crippen LogP contribution is 2.43. The second-order valence-electron chi connectivity index (χ2n) is 8.89. The van der Waals surface area contributed by atoms with Gasteiger partial charge < -0.3 is 24.3 Å². The summed E-state index contributed by atoms with van der Waals surface area (Å²) >= 11 is 0. The number of hydrogen-bond donors (Lipinski definition) is 2. The van der Waals surface area contributed by atoms with Gasteiger partial charge in [0.1, 0.15) is 22.7 Å². The molecule has 0 saturated heterocycles.